The van der Waals surface area contributed by atoms with Gasteiger partial charge in [0.05, 0.1) is 17.7 Å². The van der Waals surface area contributed by atoms with E-state index in [0.717, 1.165) is 26.3 Å². The maximum Gasteiger partial charge on any atom is 0.340 e. The molecule has 0 aliphatic rings. The Morgan fingerprint density at radius 2 is 2.17 bits per heavy atom. The lowest BCUT2D eigenvalue weighted by Crippen LogP contribution is -2.03. The Balaban J connectivity index is 2.68. The van der Waals surface area contributed by atoms with Crippen LogP contribution in [0.1, 0.15) is 22.8 Å². The number of nitrogens with zero attached hydrogens (tertiary/aromatic N) is 1. The first-order valence-corrected chi connectivity index (χ1v) is 7.50. The molecule has 2 aromatic rings. The molecule has 96 valence electrons. The molecule has 2 rings (SSSR count). The van der Waals surface area contributed by atoms with Gasteiger partial charge in [-0.2, -0.15) is 0 Å². The van der Waals surface area contributed by atoms with Gasteiger partial charge >= 0.3 is 5.97 Å². The number of esters is 1. The first kappa shape index (κ1) is 13.6. The lowest BCUT2D eigenvalue weighted by Gasteiger charge is -2.03. The quantitative estimate of drug-likeness (QED) is 0.600. The molecule has 0 amide bonds. The third-order valence-corrected chi connectivity index (χ3v) is 3.99. The van der Waals surface area contributed by atoms with Crippen LogP contribution in [0.5, 0.6) is 0 Å². The first-order chi connectivity index (χ1) is 8.58. The zero-order chi connectivity index (χ0) is 13.3. The Morgan fingerprint density at radius 1 is 1.44 bits per heavy atom. The van der Waals surface area contributed by atoms with E-state index in [1.165, 1.54) is 0 Å². The van der Waals surface area contributed by atoms with Crippen LogP contribution in [0.15, 0.2) is 22.8 Å². The molecular formula is C13H13Br2NO2. The molecule has 1 heterocycles. The second kappa shape index (κ2) is 5.45. The van der Waals surface area contributed by atoms with Crippen molar-refractivity contribution in [2.75, 3.05) is 6.61 Å². The van der Waals surface area contributed by atoms with E-state index in [4.69, 9.17) is 4.74 Å². The van der Waals surface area contributed by atoms with Crippen LogP contribution in [0.25, 0.3) is 10.9 Å². The summed E-state index contributed by atoms with van der Waals surface area (Å²) < 4.78 is 8.00. The molecule has 0 unspecified atom stereocenters. The minimum atomic E-state index is -0.276. The zero-order valence-electron chi connectivity index (χ0n) is 10.2. The highest BCUT2D eigenvalue weighted by atomic mass is 79.9. The summed E-state index contributed by atoms with van der Waals surface area (Å²) in [5.41, 5.74) is 2.73. The molecule has 0 N–H and O–H groups in total. The van der Waals surface area contributed by atoms with E-state index in [2.05, 4.69) is 31.9 Å². The van der Waals surface area contributed by atoms with Crippen molar-refractivity contribution in [3.63, 3.8) is 0 Å². The van der Waals surface area contributed by atoms with Crippen molar-refractivity contribution in [3.05, 3.63) is 33.9 Å². The number of hydrogen-bond acceptors (Lipinski definition) is 2. The Kier molecular flexibility index (Phi) is 4.12. The topological polar surface area (TPSA) is 31.2 Å². The van der Waals surface area contributed by atoms with Gasteiger partial charge in [0.25, 0.3) is 0 Å². The molecular weight excluding hydrogens is 362 g/mol. The van der Waals surface area contributed by atoms with E-state index in [-0.39, 0.29) is 5.97 Å². The van der Waals surface area contributed by atoms with Crippen LogP contribution in [0.3, 0.4) is 0 Å². The third kappa shape index (κ3) is 2.34. The van der Waals surface area contributed by atoms with Gasteiger partial charge in [0, 0.05) is 28.4 Å². The summed E-state index contributed by atoms with van der Waals surface area (Å²) in [5, 5.41) is 1.67. The van der Waals surface area contributed by atoms with Gasteiger partial charge in [-0.05, 0) is 40.5 Å². The maximum absolute atomic E-state index is 11.9. The van der Waals surface area contributed by atoms with Crippen molar-refractivity contribution >= 4 is 48.7 Å². The fraction of sp³-hybridized carbons (Fsp3) is 0.308. The van der Waals surface area contributed by atoms with Crippen LogP contribution < -0.4 is 0 Å². The highest BCUT2D eigenvalue weighted by Gasteiger charge is 2.17. The number of carbonyl (C=O) groups excluding carboxylic acids is 1. The molecule has 1 aromatic heterocycles. The van der Waals surface area contributed by atoms with Crippen molar-refractivity contribution in [3.8, 4) is 0 Å². The summed E-state index contributed by atoms with van der Waals surface area (Å²) in [7, 11) is 1.92. The van der Waals surface area contributed by atoms with Crippen LogP contribution in [-0.4, -0.2) is 17.1 Å². The van der Waals surface area contributed by atoms with Crippen LogP contribution in [-0.2, 0) is 17.1 Å². The highest BCUT2D eigenvalue weighted by Crippen LogP contribution is 2.30. The number of aromatic nitrogens is 1. The highest BCUT2D eigenvalue weighted by molar-refractivity contribution is 9.10. The number of halogens is 2. The third-order valence-electron chi connectivity index (χ3n) is 2.74. The Bertz CT molecular complexity index is 605. The number of rotatable bonds is 3. The molecule has 0 spiro atoms. The summed E-state index contributed by atoms with van der Waals surface area (Å²) in [4.78, 5) is 11.9. The Morgan fingerprint density at radius 3 is 2.78 bits per heavy atom. The Hall–Kier alpha value is -0.810. The van der Waals surface area contributed by atoms with Crippen LogP contribution in [0.2, 0.25) is 0 Å². The lowest BCUT2D eigenvalue weighted by atomic mass is 10.1. The van der Waals surface area contributed by atoms with Gasteiger partial charge in [-0.1, -0.05) is 15.9 Å². The molecule has 0 saturated carbocycles. The Labute approximate surface area is 122 Å². The second-order valence-corrected chi connectivity index (χ2v) is 5.40. The van der Waals surface area contributed by atoms with Gasteiger partial charge in [-0.3, -0.25) is 0 Å². The molecule has 0 bridgehead atoms. The van der Waals surface area contributed by atoms with E-state index < -0.39 is 0 Å². The van der Waals surface area contributed by atoms with Crippen molar-refractivity contribution in [2.24, 2.45) is 7.05 Å². The molecule has 5 heteroatoms. The van der Waals surface area contributed by atoms with Crippen molar-refractivity contribution in [1.82, 2.24) is 4.57 Å². The van der Waals surface area contributed by atoms with E-state index in [1.54, 1.807) is 0 Å². The molecule has 18 heavy (non-hydrogen) atoms. The minimum absolute atomic E-state index is 0.276. The molecule has 0 aliphatic heterocycles. The van der Waals surface area contributed by atoms with Gasteiger partial charge in [0.2, 0.25) is 0 Å². The van der Waals surface area contributed by atoms with Crippen molar-refractivity contribution < 1.29 is 9.53 Å². The largest absolute Gasteiger partial charge is 0.462 e. The molecule has 0 fully saturated rings. The zero-order valence-corrected chi connectivity index (χ0v) is 13.3. The molecule has 1 aromatic carbocycles. The SMILES string of the molecule is CCOC(=O)c1cn(C)c2c(Br)cc(CBr)cc12. The van der Waals surface area contributed by atoms with Crippen LogP contribution >= 0.6 is 31.9 Å². The monoisotopic (exact) mass is 373 g/mol. The first-order valence-electron chi connectivity index (χ1n) is 5.59. The van der Waals surface area contributed by atoms with E-state index in [0.29, 0.717) is 12.2 Å². The summed E-state index contributed by atoms with van der Waals surface area (Å²) in [6, 6.07) is 4.06. The molecule has 0 atom stereocenters. The van der Waals surface area contributed by atoms with Crippen LogP contribution in [0.4, 0.5) is 0 Å². The number of aryl methyl sites for hydroxylation is 1. The summed E-state index contributed by atoms with van der Waals surface area (Å²) in [6.07, 6.45) is 1.81. The smallest absolute Gasteiger partial charge is 0.340 e. The number of alkyl halides is 1. The van der Waals surface area contributed by atoms with Gasteiger partial charge in [0.15, 0.2) is 0 Å². The fourth-order valence-electron chi connectivity index (χ4n) is 2.00. The molecule has 0 aliphatic carbocycles. The fourth-order valence-corrected chi connectivity index (χ4v) is 3.11. The number of hydrogen-bond donors (Lipinski definition) is 0. The predicted octanol–water partition coefficient (Wildman–Crippen LogP) is 4.01. The molecule has 3 nitrogen and oxygen atoms in total. The van der Waals surface area contributed by atoms with Gasteiger partial charge in [-0.25, -0.2) is 4.79 Å². The van der Waals surface area contributed by atoms with Crippen LogP contribution in [0, 0.1) is 0 Å². The predicted molar refractivity (Wildman–Crippen MR) is 79.2 cm³/mol. The lowest BCUT2D eigenvalue weighted by molar-refractivity contribution is 0.0528. The number of fused-ring (bicyclic) bond motifs is 1. The number of benzene rings is 1. The average Bonchev–Trinajstić information content (AvgIpc) is 2.67. The van der Waals surface area contributed by atoms with Gasteiger partial charge in [-0.15, -0.1) is 0 Å². The summed E-state index contributed by atoms with van der Waals surface area (Å²) in [5.74, 6) is -0.276. The second-order valence-electron chi connectivity index (χ2n) is 3.98. The maximum atomic E-state index is 11.9. The van der Waals surface area contributed by atoms with Gasteiger partial charge < -0.3 is 9.30 Å². The van der Waals surface area contributed by atoms with E-state index in [9.17, 15) is 4.79 Å². The number of carbonyl (C=O) groups is 1. The van der Waals surface area contributed by atoms with Crippen molar-refractivity contribution in [1.29, 1.82) is 0 Å². The molecule has 0 radical (unpaired) electrons. The number of ether oxygens (including phenoxy) is 1. The normalized spacial score (nSPS) is 10.9. The van der Waals surface area contributed by atoms with E-state index in [1.807, 2.05) is 36.9 Å². The van der Waals surface area contributed by atoms with Crippen molar-refractivity contribution in [2.45, 2.75) is 12.3 Å². The molecule has 0 saturated heterocycles. The average molecular weight is 375 g/mol. The standard InChI is InChI=1S/C13H13Br2NO2/c1-3-18-13(17)10-7-16(2)12-9(10)4-8(6-14)5-11(12)15/h4-5,7H,3,6H2,1-2H3. The minimum Gasteiger partial charge on any atom is -0.462 e. The summed E-state index contributed by atoms with van der Waals surface area (Å²) >= 11 is 6.98. The van der Waals surface area contributed by atoms with Gasteiger partial charge in [0.1, 0.15) is 0 Å². The summed E-state index contributed by atoms with van der Waals surface area (Å²) in [6.45, 7) is 2.19. The van der Waals surface area contributed by atoms with E-state index >= 15 is 0 Å².